The molecule has 4 aromatic carbocycles. The number of hydrogen-bond donors (Lipinski definition) is 1. The third kappa shape index (κ3) is 5.42. The molecule has 1 N–H and O–H groups in total. The maximum atomic E-state index is 12.4. The van der Waals surface area contributed by atoms with E-state index in [1.165, 1.54) is 10.8 Å². The Morgan fingerprint density at radius 2 is 1.66 bits per heavy atom. The van der Waals surface area contributed by atoms with Crippen molar-refractivity contribution in [3.05, 3.63) is 112 Å². The summed E-state index contributed by atoms with van der Waals surface area (Å²) in [6.07, 6.45) is 1.56. The summed E-state index contributed by atoms with van der Waals surface area (Å²) >= 11 is 3.35. The maximum Gasteiger partial charge on any atom is 0.266 e. The molecule has 0 spiro atoms. The van der Waals surface area contributed by atoms with Crippen LogP contribution in [0, 0.1) is 11.3 Å². The molecule has 4 rings (SSSR count). The number of nitriles is 1. The lowest BCUT2D eigenvalue weighted by Gasteiger charge is -2.08. The standard InChI is InChI=1S/C27H19BrN2O2/c28-24-9-11-25(12-10-24)30-27(31)23(17-29)15-19-6-13-26(14-7-19)32-18-20-5-8-21-3-1-2-4-22(21)16-20/h1-16H,18H2,(H,30,31)/b23-15-. The van der Waals surface area contributed by atoms with Gasteiger partial charge in [0.25, 0.3) is 5.91 Å². The Balaban J connectivity index is 1.40. The van der Waals surface area contributed by atoms with E-state index in [0.717, 1.165) is 15.6 Å². The summed E-state index contributed by atoms with van der Waals surface area (Å²) in [5.74, 6) is 0.264. The van der Waals surface area contributed by atoms with Crippen LogP contribution in [0.2, 0.25) is 0 Å². The Morgan fingerprint density at radius 3 is 2.38 bits per heavy atom. The average molecular weight is 483 g/mol. The number of amides is 1. The number of carbonyl (C=O) groups is 1. The third-order valence-electron chi connectivity index (χ3n) is 4.88. The highest BCUT2D eigenvalue weighted by atomic mass is 79.9. The molecule has 0 aliphatic heterocycles. The zero-order valence-electron chi connectivity index (χ0n) is 17.1. The number of nitrogens with zero attached hydrogens (tertiary/aromatic N) is 1. The van der Waals surface area contributed by atoms with Crippen LogP contribution in [0.25, 0.3) is 16.8 Å². The van der Waals surface area contributed by atoms with Crippen LogP contribution >= 0.6 is 15.9 Å². The van der Waals surface area contributed by atoms with Crippen molar-refractivity contribution < 1.29 is 9.53 Å². The second kappa shape index (κ2) is 9.95. The van der Waals surface area contributed by atoms with Gasteiger partial charge in [-0.2, -0.15) is 5.26 Å². The minimum absolute atomic E-state index is 0.0257. The largest absolute Gasteiger partial charge is 0.489 e. The van der Waals surface area contributed by atoms with Gasteiger partial charge in [-0.25, -0.2) is 0 Å². The van der Waals surface area contributed by atoms with Gasteiger partial charge in [-0.3, -0.25) is 4.79 Å². The normalized spacial score (nSPS) is 11.1. The minimum atomic E-state index is -0.452. The Morgan fingerprint density at radius 1 is 0.938 bits per heavy atom. The summed E-state index contributed by atoms with van der Waals surface area (Å²) in [4.78, 5) is 12.4. The topological polar surface area (TPSA) is 62.1 Å². The van der Waals surface area contributed by atoms with Crippen molar-refractivity contribution in [2.75, 3.05) is 5.32 Å². The van der Waals surface area contributed by atoms with Crippen molar-refractivity contribution in [3.63, 3.8) is 0 Å². The Kier molecular flexibility index (Phi) is 6.64. The van der Waals surface area contributed by atoms with E-state index in [1.807, 2.05) is 54.6 Å². The summed E-state index contributed by atoms with van der Waals surface area (Å²) in [6, 6.07) is 30.9. The fourth-order valence-corrected chi connectivity index (χ4v) is 3.47. The van der Waals surface area contributed by atoms with Gasteiger partial charge in [0.1, 0.15) is 24.0 Å². The number of anilines is 1. The molecule has 0 unspecified atom stereocenters. The van der Waals surface area contributed by atoms with Crippen LogP contribution in [0.4, 0.5) is 5.69 Å². The monoisotopic (exact) mass is 482 g/mol. The van der Waals surface area contributed by atoms with Gasteiger partial charge in [-0.15, -0.1) is 0 Å². The van der Waals surface area contributed by atoms with Gasteiger partial charge >= 0.3 is 0 Å². The van der Waals surface area contributed by atoms with Crippen molar-refractivity contribution >= 4 is 44.4 Å². The summed E-state index contributed by atoms with van der Waals surface area (Å²) in [5, 5.41) is 14.5. The van der Waals surface area contributed by atoms with Crippen molar-refractivity contribution in [1.29, 1.82) is 5.26 Å². The molecule has 0 atom stereocenters. The molecule has 0 aromatic heterocycles. The molecule has 4 nitrogen and oxygen atoms in total. The number of halogens is 1. The Bertz CT molecular complexity index is 1320. The predicted molar refractivity (Wildman–Crippen MR) is 131 cm³/mol. The van der Waals surface area contributed by atoms with Gasteiger partial charge in [0.05, 0.1) is 0 Å². The average Bonchev–Trinajstić information content (AvgIpc) is 2.83. The molecular formula is C27H19BrN2O2. The van der Waals surface area contributed by atoms with Crippen molar-refractivity contribution in [2.45, 2.75) is 6.61 Å². The van der Waals surface area contributed by atoms with E-state index in [0.29, 0.717) is 18.0 Å². The first kappa shape index (κ1) is 21.4. The van der Waals surface area contributed by atoms with Crippen molar-refractivity contribution in [1.82, 2.24) is 0 Å². The third-order valence-corrected chi connectivity index (χ3v) is 5.41. The van der Waals surface area contributed by atoms with Gasteiger partial charge in [0.2, 0.25) is 0 Å². The lowest BCUT2D eigenvalue weighted by molar-refractivity contribution is -0.112. The number of fused-ring (bicyclic) bond motifs is 1. The SMILES string of the molecule is N#C/C(=C/c1ccc(OCc2ccc3ccccc3c2)cc1)C(=O)Nc1ccc(Br)cc1. The fourth-order valence-electron chi connectivity index (χ4n) is 3.20. The summed E-state index contributed by atoms with van der Waals surface area (Å²) in [6.45, 7) is 0.457. The van der Waals surface area contributed by atoms with Gasteiger partial charge in [0.15, 0.2) is 0 Å². The summed E-state index contributed by atoms with van der Waals surface area (Å²) in [7, 11) is 0. The minimum Gasteiger partial charge on any atom is -0.489 e. The van der Waals surface area contributed by atoms with Crippen LogP contribution < -0.4 is 10.1 Å². The highest BCUT2D eigenvalue weighted by molar-refractivity contribution is 9.10. The number of ether oxygens (including phenoxy) is 1. The lowest BCUT2D eigenvalue weighted by atomic mass is 10.1. The zero-order chi connectivity index (χ0) is 22.3. The van der Waals surface area contributed by atoms with E-state index in [1.54, 1.807) is 18.2 Å². The van der Waals surface area contributed by atoms with Gasteiger partial charge in [0, 0.05) is 10.2 Å². The first-order valence-corrected chi connectivity index (χ1v) is 10.8. The first-order chi connectivity index (χ1) is 15.6. The lowest BCUT2D eigenvalue weighted by Crippen LogP contribution is -2.13. The number of nitrogens with one attached hydrogen (secondary N) is 1. The Hall–Kier alpha value is -3.88. The van der Waals surface area contributed by atoms with Gasteiger partial charge in [-0.1, -0.05) is 64.5 Å². The van der Waals surface area contributed by atoms with Crippen molar-refractivity contribution in [3.8, 4) is 11.8 Å². The van der Waals surface area contributed by atoms with Crippen LogP contribution in [0.3, 0.4) is 0 Å². The fraction of sp³-hybridized carbons (Fsp3) is 0.0370. The second-order valence-electron chi connectivity index (χ2n) is 7.17. The van der Waals surface area contributed by atoms with E-state index in [9.17, 15) is 10.1 Å². The molecule has 0 saturated heterocycles. The molecule has 0 fully saturated rings. The Labute approximate surface area is 194 Å². The number of rotatable bonds is 6. The van der Waals surface area contributed by atoms with E-state index < -0.39 is 5.91 Å². The molecule has 4 aromatic rings. The number of carbonyl (C=O) groups excluding carboxylic acids is 1. The summed E-state index contributed by atoms with van der Waals surface area (Å²) < 4.78 is 6.81. The molecule has 0 bridgehead atoms. The molecule has 0 heterocycles. The van der Waals surface area contributed by atoms with Crippen molar-refractivity contribution in [2.24, 2.45) is 0 Å². The van der Waals surface area contributed by atoms with Crippen LogP contribution in [0.15, 0.2) is 101 Å². The van der Waals surface area contributed by atoms with Crippen LogP contribution in [-0.4, -0.2) is 5.91 Å². The molecule has 0 saturated carbocycles. The quantitative estimate of drug-likeness (QED) is 0.244. The predicted octanol–water partition coefficient (Wildman–Crippen LogP) is 6.73. The van der Waals surface area contributed by atoms with Gasteiger partial charge < -0.3 is 10.1 Å². The van der Waals surface area contributed by atoms with E-state index in [-0.39, 0.29) is 5.57 Å². The molecule has 0 aliphatic carbocycles. The van der Waals surface area contributed by atoms with E-state index >= 15 is 0 Å². The molecule has 5 heteroatoms. The molecule has 1 amide bonds. The van der Waals surface area contributed by atoms with E-state index in [2.05, 4.69) is 51.6 Å². The second-order valence-corrected chi connectivity index (χ2v) is 8.09. The van der Waals surface area contributed by atoms with Crippen LogP contribution in [0.5, 0.6) is 5.75 Å². The highest BCUT2D eigenvalue weighted by Crippen LogP contribution is 2.20. The molecule has 156 valence electrons. The van der Waals surface area contributed by atoms with Gasteiger partial charge in [-0.05, 0) is 70.4 Å². The number of benzene rings is 4. The van der Waals surface area contributed by atoms with Crippen LogP contribution in [-0.2, 0) is 11.4 Å². The number of hydrogen-bond acceptors (Lipinski definition) is 3. The van der Waals surface area contributed by atoms with E-state index in [4.69, 9.17) is 4.74 Å². The molecule has 0 aliphatic rings. The summed E-state index contributed by atoms with van der Waals surface area (Å²) in [5.41, 5.74) is 2.48. The molecule has 0 radical (unpaired) electrons. The highest BCUT2D eigenvalue weighted by Gasteiger charge is 2.09. The van der Waals surface area contributed by atoms with Crippen LogP contribution in [0.1, 0.15) is 11.1 Å². The first-order valence-electron chi connectivity index (χ1n) is 10.00. The smallest absolute Gasteiger partial charge is 0.266 e. The molecular weight excluding hydrogens is 464 g/mol. The maximum absolute atomic E-state index is 12.4. The zero-order valence-corrected chi connectivity index (χ0v) is 18.7. The molecule has 32 heavy (non-hydrogen) atoms.